The van der Waals surface area contributed by atoms with Crippen LogP contribution >= 0.6 is 0 Å². The van der Waals surface area contributed by atoms with Gasteiger partial charge in [0.15, 0.2) is 0 Å². The first-order valence-corrected chi connectivity index (χ1v) is 6.33. The number of benzene rings is 1. The summed E-state index contributed by atoms with van der Waals surface area (Å²) in [6.07, 6.45) is 0.162. The van der Waals surface area contributed by atoms with E-state index in [1.807, 2.05) is 0 Å². The van der Waals surface area contributed by atoms with Crippen molar-refractivity contribution in [3.8, 4) is 5.75 Å². The topological polar surface area (TPSA) is 81.9 Å². The summed E-state index contributed by atoms with van der Waals surface area (Å²) in [7, 11) is 3.13. The lowest BCUT2D eigenvalue weighted by molar-refractivity contribution is -0.143. The van der Waals surface area contributed by atoms with E-state index in [1.54, 1.807) is 32.2 Å². The number of anilines is 1. The van der Waals surface area contributed by atoms with E-state index in [-0.39, 0.29) is 24.8 Å². The van der Waals surface area contributed by atoms with Crippen LogP contribution in [0.25, 0.3) is 0 Å². The van der Waals surface area contributed by atoms with Crippen LogP contribution in [-0.4, -0.2) is 44.1 Å². The minimum atomic E-state index is -0.322. The van der Waals surface area contributed by atoms with Gasteiger partial charge >= 0.3 is 5.97 Å². The summed E-state index contributed by atoms with van der Waals surface area (Å²) in [6.45, 7) is 2.36. The normalized spacial score (nSPS) is 9.95. The summed E-state index contributed by atoms with van der Waals surface area (Å²) in [6, 6.07) is 4.82. The van der Waals surface area contributed by atoms with Crippen LogP contribution in [0.15, 0.2) is 18.2 Å². The Kier molecular flexibility index (Phi) is 5.83. The van der Waals surface area contributed by atoms with Crippen molar-refractivity contribution < 1.29 is 19.1 Å². The smallest absolute Gasteiger partial charge is 0.307 e. The molecule has 1 amide bonds. The van der Waals surface area contributed by atoms with Crippen molar-refractivity contribution >= 4 is 17.6 Å². The number of nitrogens with two attached hydrogens (primary N) is 1. The molecule has 0 spiro atoms. The molecule has 110 valence electrons. The average molecular weight is 280 g/mol. The van der Waals surface area contributed by atoms with Crippen molar-refractivity contribution in [2.75, 3.05) is 33.0 Å². The number of nitrogens with zero attached hydrogens (tertiary/aromatic N) is 1. The van der Waals surface area contributed by atoms with Crippen molar-refractivity contribution in [3.63, 3.8) is 0 Å². The summed E-state index contributed by atoms with van der Waals surface area (Å²) in [5, 5.41) is 0. The number of carbonyl (C=O) groups excluding carboxylic acids is 2. The summed E-state index contributed by atoms with van der Waals surface area (Å²) in [5.41, 5.74) is 6.58. The van der Waals surface area contributed by atoms with Crippen LogP contribution in [-0.2, 0) is 9.53 Å². The van der Waals surface area contributed by atoms with Gasteiger partial charge in [-0.05, 0) is 19.1 Å². The fraction of sp³-hybridized carbons (Fsp3) is 0.429. The highest BCUT2D eigenvalue weighted by Crippen LogP contribution is 2.19. The molecule has 1 aromatic rings. The summed E-state index contributed by atoms with van der Waals surface area (Å²) >= 11 is 0. The number of carbonyl (C=O) groups is 2. The molecule has 0 bridgehead atoms. The zero-order valence-corrected chi connectivity index (χ0v) is 12.0. The quantitative estimate of drug-likeness (QED) is 0.627. The zero-order valence-electron chi connectivity index (χ0n) is 12.0. The maximum atomic E-state index is 12.2. The lowest BCUT2D eigenvalue weighted by Gasteiger charge is -2.17. The molecule has 0 heterocycles. The molecule has 0 aliphatic carbocycles. The molecular formula is C14H20N2O4. The highest BCUT2D eigenvalue weighted by atomic mass is 16.5. The maximum Gasteiger partial charge on any atom is 0.307 e. The molecule has 0 aromatic heterocycles. The van der Waals surface area contributed by atoms with Crippen LogP contribution in [0.2, 0.25) is 0 Å². The van der Waals surface area contributed by atoms with Crippen LogP contribution in [0.5, 0.6) is 5.75 Å². The monoisotopic (exact) mass is 280 g/mol. The number of hydrogen-bond donors (Lipinski definition) is 1. The predicted octanol–water partition coefficient (Wildman–Crippen LogP) is 1.30. The van der Waals surface area contributed by atoms with Crippen molar-refractivity contribution in [2.24, 2.45) is 0 Å². The van der Waals surface area contributed by atoms with E-state index in [1.165, 1.54) is 12.0 Å². The first kappa shape index (κ1) is 15.8. The van der Waals surface area contributed by atoms with Crippen LogP contribution in [0.4, 0.5) is 5.69 Å². The molecule has 0 atom stereocenters. The van der Waals surface area contributed by atoms with Crippen molar-refractivity contribution in [3.05, 3.63) is 23.8 Å². The van der Waals surface area contributed by atoms with E-state index >= 15 is 0 Å². The van der Waals surface area contributed by atoms with Gasteiger partial charge in [0.1, 0.15) is 5.75 Å². The fourth-order valence-corrected chi connectivity index (χ4v) is 1.68. The van der Waals surface area contributed by atoms with Crippen LogP contribution in [0.3, 0.4) is 0 Å². The van der Waals surface area contributed by atoms with Crippen molar-refractivity contribution in [1.29, 1.82) is 0 Å². The number of methoxy groups -OCH3 is 1. The standard InChI is InChI=1S/C14H20N2O4/c1-4-20-13(17)5-6-16(2)14(18)10-7-11(15)9-12(8-10)19-3/h7-9H,4-6,15H2,1-3H3. The van der Waals surface area contributed by atoms with Gasteiger partial charge in [-0.25, -0.2) is 0 Å². The minimum Gasteiger partial charge on any atom is -0.497 e. The van der Waals surface area contributed by atoms with Gasteiger partial charge in [-0.15, -0.1) is 0 Å². The van der Waals surface area contributed by atoms with Crippen molar-refractivity contribution in [1.82, 2.24) is 4.90 Å². The van der Waals surface area contributed by atoms with E-state index in [0.717, 1.165) is 0 Å². The predicted molar refractivity (Wildman–Crippen MR) is 75.6 cm³/mol. The number of nitrogen functional groups attached to an aromatic ring is 1. The maximum absolute atomic E-state index is 12.2. The Balaban J connectivity index is 2.69. The van der Waals surface area contributed by atoms with Gasteiger partial charge in [0.2, 0.25) is 0 Å². The van der Waals surface area contributed by atoms with E-state index in [9.17, 15) is 9.59 Å². The van der Waals surface area contributed by atoms with Gasteiger partial charge in [0.05, 0.1) is 20.1 Å². The minimum absolute atomic E-state index is 0.162. The fourth-order valence-electron chi connectivity index (χ4n) is 1.68. The van der Waals surface area contributed by atoms with Gasteiger partial charge < -0.3 is 20.1 Å². The van der Waals surface area contributed by atoms with Crippen molar-refractivity contribution in [2.45, 2.75) is 13.3 Å². The molecule has 0 saturated carbocycles. The molecule has 6 heteroatoms. The molecule has 6 nitrogen and oxygen atoms in total. The Morgan fingerprint density at radius 2 is 2.00 bits per heavy atom. The highest BCUT2D eigenvalue weighted by molar-refractivity contribution is 5.95. The molecule has 20 heavy (non-hydrogen) atoms. The lowest BCUT2D eigenvalue weighted by Crippen LogP contribution is -2.29. The van der Waals surface area contributed by atoms with Gasteiger partial charge in [-0.3, -0.25) is 9.59 Å². The average Bonchev–Trinajstić information content (AvgIpc) is 2.43. The second kappa shape index (κ2) is 7.37. The third-order valence-corrected chi connectivity index (χ3v) is 2.71. The number of amides is 1. The molecule has 0 fully saturated rings. The SMILES string of the molecule is CCOC(=O)CCN(C)C(=O)c1cc(N)cc(OC)c1. The van der Waals surface area contributed by atoms with E-state index < -0.39 is 0 Å². The third kappa shape index (κ3) is 4.46. The first-order chi connectivity index (χ1) is 9.47. The Morgan fingerprint density at radius 1 is 1.30 bits per heavy atom. The summed E-state index contributed by atoms with van der Waals surface area (Å²) < 4.78 is 9.89. The van der Waals surface area contributed by atoms with Gasteiger partial charge in [-0.1, -0.05) is 0 Å². The second-order valence-electron chi connectivity index (χ2n) is 4.28. The summed E-state index contributed by atoms with van der Waals surface area (Å²) in [5.74, 6) is -0.0238. The van der Waals surface area contributed by atoms with E-state index in [4.69, 9.17) is 15.2 Å². The molecule has 1 aromatic carbocycles. The molecule has 0 unspecified atom stereocenters. The second-order valence-corrected chi connectivity index (χ2v) is 4.28. The number of rotatable bonds is 6. The molecule has 2 N–H and O–H groups in total. The van der Waals surface area contributed by atoms with Crippen LogP contribution in [0.1, 0.15) is 23.7 Å². The van der Waals surface area contributed by atoms with Gasteiger partial charge in [-0.2, -0.15) is 0 Å². The lowest BCUT2D eigenvalue weighted by atomic mass is 10.1. The first-order valence-electron chi connectivity index (χ1n) is 6.33. The number of esters is 1. The molecule has 0 aliphatic heterocycles. The van der Waals surface area contributed by atoms with Crippen LogP contribution < -0.4 is 10.5 Å². The molecular weight excluding hydrogens is 260 g/mol. The Bertz CT molecular complexity index is 488. The van der Waals surface area contributed by atoms with E-state index in [2.05, 4.69) is 0 Å². The van der Waals surface area contributed by atoms with Gasteiger partial charge in [0.25, 0.3) is 5.91 Å². The number of hydrogen-bond acceptors (Lipinski definition) is 5. The Morgan fingerprint density at radius 3 is 2.60 bits per heavy atom. The van der Waals surface area contributed by atoms with Crippen LogP contribution in [0, 0.1) is 0 Å². The van der Waals surface area contributed by atoms with E-state index in [0.29, 0.717) is 23.6 Å². The molecule has 0 saturated heterocycles. The third-order valence-electron chi connectivity index (χ3n) is 2.71. The molecule has 0 aliphatic rings. The number of ether oxygens (including phenoxy) is 2. The van der Waals surface area contributed by atoms with Gasteiger partial charge in [0, 0.05) is 30.9 Å². The highest BCUT2D eigenvalue weighted by Gasteiger charge is 2.15. The molecule has 0 radical (unpaired) electrons. The zero-order chi connectivity index (χ0) is 15.1. The summed E-state index contributed by atoms with van der Waals surface area (Å²) in [4.78, 5) is 24.9. The Hall–Kier alpha value is -2.24. The molecule has 1 rings (SSSR count). The Labute approximate surface area is 118 Å². The largest absolute Gasteiger partial charge is 0.497 e.